The molecule has 0 aliphatic carbocycles. The van der Waals surface area contributed by atoms with Crippen molar-refractivity contribution >= 4 is 13.3 Å². The quantitative estimate of drug-likeness (QED) is 0.545. The molecule has 4 heteroatoms. The zero-order chi connectivity index (χ0) is 11.1. The molecule has 1 heterocycles. The summed E-state index contributed by atoms with van der Waals surface area (Å²) in [4.78, 5) is 13.4. The van der Waals surface area contributed by atoms with E-state index in [0.717, 1.165) is 13.0 Å². The molecule has 1 aliphatic rings. The van der Waals surface area contributed by atoms with Crippen LogP contribution in [0.3, 0.4) is 0 Å². The van der Waals surface area contributed by atoms with E-state index in [9.17, 15) is 4.79 Å². The zero-order valence-electron chi connectivity index (χ0n) is 10.1. The van der Waals surface area contributed by atoms with E-state index in [0.29, 0.717) is 6.04 Å². The Balaban J connectivity index is 2.19. The predicted molar refractivity (Wildman–Crippen MR) is 65.3 cm³/mol. The summed E-state index contributed by atoms with van der Waals surface area (Å²) >= 11 is 0. The molecule has 0 aromatic carbocycles. The van der Waals surface area contributed by atoms with Gasteiger partial charge in [-0.05, 0) is 19.4 Å². The number of carbonyl (C=O) groups excluding carboxylic acids is 1. The van der Waals surface area contributed by atoms with Gasteiger partial charge >= 0.3 is 0 Å². The van der Waals surface area contributed by atoms with Crippen molar-refractivity contribution < 1.29 is 4.79 Å². The summed E-state index contributed by atoms with van der Waals surface area (Å²) in [6.45, 7) is 6.09. The molecule has 0 spiro atoms. The number of rotatable bonds is 5. The van der Waals surface area contributed by atoms with Crippen LogP contribution < -0.4 is 5.32 Å². The van der Waals surface area contributed by atoms with Crippen molar-refractivity contribution in [1.29, 1.82) is 0 Å². The van der Waals surface area contributed by atoms with Gasteiger partial charge in [-0.2, -0.15) is 0 Å². The number of piperidine rings is 1. The van der Waals surface area contributed by atoms with Gasteiger partial charge in [0.25, 0.3) is 0 Å². The summed E-state index contributed by atoms with van der Waals surface area (Å²) in [6.07, 6.45) is 6.26. The van der Waals surface area contributed by atoms with Crippen LogP contribution in [0.5, 0.6) is 0 Å². The summed E-state index contributed by atoms with van der Waals surface area (Å²) in [5, 5.41) is 3.02. The van der Waals surface area contributed by atoms with Gasteiger partial charge in [0.2, 0.25) is 13.3 Å². The van der Waals surface area contributed by atoms with Gasteiger partial charge in [0.05, 0.1) is 0 Å². The maximum Gasteiger partial charge on any atom is 0.217 e. The average molecular weight is 210 g/mol. The third-order valence-electron chi connectivity index (χ3n) is 2.99. The van der Waals surface area contributed by atoms with Crippen LogP contribution >= 0.6 is 0 Å². The highest BCUT2D eigenvalue weighted by molar-refractivity contribution is 6.31. The van der Waals surface area contributed by atoms with Gasteiger partial charge in [-0.25, -0.2) is 0 Å². The van der Waals surface area contributed by atoms with Crippen LogP contribution in [0.25, 0.3) is 0 Å². The lowest BCUT2D eigenvalue weighted by molar-refractivity contribution is -0.119. The predicted octanol–water partition coefficient (Wildman–Crippen LogP) is 1.16. The maximum absolute atomic E-state index is 10.9. The summed E-state index contributed by atoms with van der Waals surface area (Å²) in [7, 11) is 1.20. The molecule has 1 fully saturated rings. The second-order valence-electron chi connectivity index (χ2n) is 4.55. The van der Waals surface area contributed by atoms with Crippen LogP contribution in [0.4, 0.5) is 0 Å². The average Bonchev–Trinajstić information content (AvgIpc) is 2.18. The third-order valence-corrected chi connectivity index (χ3v) is 2.99. The molecule has 0 aromatic rings. The number of nitrogens with one attached hydrogen (secondary N) is 1. The first-order chi connectivity index (χ1) is 7.22. The van der Waals surface area contributed by atoms with Crippen molar-refractivity contribution in [3.8, 4) is 0 Å². The van der Waals surface area contributed by atoms with Crippen LogP contribution in [-0.4, -0.2) is 37.3 Å². The Morgan fingerprint density at radius 2 is 2.40 bits per heavy atom. The second-order valence-corrected chi connectivity index (χ2v) is 4.55. The summed E-state index contributed by atoms with van der Waals surface area (Å²) in [5.41, 5.74) is 0. The molecule has 0 radical (unpaired) electrons. The highest BCUT2D eigenvalue weighted by Gasteiger charge is 2.19. The highest BCUT2D eigenvalue weighted by atomic mass is 16.1. The fourth-order valence-corrected chi connectivity index (χ4v) is 2.25. The first-order valence-corrected chi connectivity index (χ1v) is 6.22. The first-order valence-electron chi connectivity index (χ1n) is 6.22. The molecule has 1 amide bonds. The van der Waals surface area contributed by atoms with Crippen LogP contribution in [0.2, 0.25) is 6.32 Å². The molecular formula is C11H23BN2O. The van der Waals surface area contributed by atoms with E-state index < -0.39 is 0 Å². The Labute approximate surface area is 93.9 Å². The molecule has 1 aliphatic heterocycles. The van der Waals surface area contributed by atoms with E-state index in [4.69, 9.17) is 0 Å². The summed E-state index contributed by atoms with van der Waals surface area (Å²) in [6, 6.07) is 0.387. The molecule has 1 atom stereocenters. The number of amides is 1. The third kappa shape index (κ3) is 5.21. The molecule has 0 aromatic heterocycles. The van der Waals surface area contributed by atoms with Crippen molar-refractivity contribution in [1.82, 2.24) is 10.1 Å². The smallest absolute Gasteiger partial charge is 0.217 e. The first kappa shape index (κ1) is 12.6. The van der Waals surface area contributed by atoms with Crippen LogP contribution in [0, 0.1) is 0 Å². The van der Waals surface area contributed by atoms with E-state index in [1.165, 1.54) is 39.5 Å². The fourth-order valence-electron chi connectivity index (χ4n) is 2.25. The van der Waals surface area contributed by atoms with Gasteiger partial charge < -0.3 is 10.1 Å². The molecule has 86 valence electrons. The summed E-state index contributed by atoms with van der Waals surface area (Å²) < 4.78 is 0. The Hall–Kier alpha value is -0.505. The molecule has 1 unspecified atom stereocenters. The monoisotopic (exact) mass is 210 g/mol. The lowest BCUT2D eigenvalue weighted by Gasteiger charge is -2.32. The minimum Gasteiger partial charge on any atom is -0.352 e. The molecule has 1 N–H and O–H groups in total. The van der Waals surface area contributed by atoms with E-state index in [-0.39, 0.29) is 5.91 Å². The topological polar surface area (TPSA) is 32.3 Å². The Kier molecular flexibility index (Phi) is 5.77. The lowest BCUT2D eigenvalue weighted by atomic mass is 9.81. The molecule has 0 saturated carbocycles. The minimum absolute atomic E-state index is 0.107. The van der Waals surface area contributed by atoms with Crippen molar-refractivity contribution in [3.05, 3.63) is 0 Å². The Bertz CT molecular complexity index is 199. The van der Waals surface area contributed by atoms with Gasteiger partial charge in [-0.1, -0.05) is 26.1 Å². The standard InChI is InChI=1S/C11H23BN2O/c1-3-4-7-12-14-8-5-6-11(9-14)13-10(2)15/h11-12H,3-9H2,1-2H3,(H,13,15). The van der Waals surface area contributed by atoms with Gasteiger partial charge in [0.15, 0.2) is 0 Å². The zero-order valence-corrected chi connectivity index (χ0v) is 10.1. The fraction of sp³-hybridized carbons (Fsp3) is 0.909. The van der Waals surface area contributed by atoms with Crippen LogP contribution in [0.1, 0.15) is 39.5 Å². The van der Waals surface area contributed by atoms with E-state index in [2.05, 4.69) is 17.1 Å². The number of carbonyl (C=O) groups is 1. The number of hydrogen-bond donors (Lipinski definition) is 1. The molecule has 0 bridgehead atoms. The molecular weight excluding hydrogens is 187 g/mol. The van der Waals surface area contributed by atoms with Crippen LogP contribution in [0.15, 0.2) is 0 Å². The molecule has 15 heavy (non-hydrogen) atoms. The lowest BCUT2D eigenvalue weighted by Crippen LogP contribution is -2.48. The molecule has 3 nitrogen and oxygen atoms in total. The van der Waals surface area contributed by atoms with E-state index in [1.807, 2.05) is 0 Å². The van der Waals surface area contributed by atoms with Crippen molar-refractivity contribution in [2.45, 2.75) is 51.9 Å². The number of nitrogens with zero attached hydrogens (tertiary/aromatic N) is 1. The molecule has 1 rings (SSSR count). The Morgan fingerprint density at radius 3 is 3.07 bits per heavy atom. The van der Waals surface area contributed by atoms with Gasteiger partial charge in [-0.3, -0.25) is 4.79 Å². The van der Waals surface area contributed by atoms with E-state index in [1.54, 1.807) is 6.92 Å². The van der Waals surface area contributed by atoms with E-state index >= 15 is 0 Å². The van der Waals surface area contributed by atoms with Crippen molar-refractivity contribution in [2.24, 2.45) is 0 Å². The molecule has 1 saturated heterocycles. The van der Waals surface area contributed by atoms with Crippen LogP contribution in [-0.2, 0) is 4.79 Å². The SMILES string of the molecule is CCCCBN1CCCC(NC(C)=O)C1. The second kappa shape index (κ2) is 6.88. The number of hydrogen-bond acceptors (Lipinski definition) is 2. The highest BCUT2D eigenvalue weighted by Crippen LogP contribution is 2.10. The van der Waals surface area contributed by atoms with Crippen molar-refractivity contribution in [3.63, 3.8) is 0 Å². The van der Waals surface area contributed by atoms with Gasteiger partial charge in [0, 0.05) is 19.5 Å². The minimum atomic E-state index is 0.107. The van der Waals surface area contributed by atoms with Crippen molar-refractivity contribution in [2.75, 3.05) is 13.1 Å². The Morgan fingerprint density at radius 1 is 1.60 bits per heavy atom. The number of unbranched alkanes of at least 4 members (excludes halogenated alkanes) is 1. The van der Waals surface area contributed by atoms with Gasteiger partial charge in [-0.15, -0.1) is 0 Å². The normalized spacial score (nSPS) is 22.4. The maximum atomic E-state index is 10.9. The van der Waals surface area contributed by atoms with Gasteiger partial charge in [0.1, 0.15) is 0 Å². The largest absolute Gasteiger partial charge is 0.352 e. The summed E-state index contributed by atoms with van der Waals surface area (Å²) in [5.74, 6) is 0.107.